The average Bonchev–Trinajstić information content (AvgIpc) is 2.64. The van der Waals surface area contributed by atoms with Crippen molar-refractivity contribution in [1.82, 2.24) is 20.5 Å². The first-order valence-electron chi connectivity index (χ1n) is 5.97. The zero-order valence-electron chi connectivity index (χ0n) is 10.4. The van der Waals surface area contributed by atoms with Gasteiger partial charge in [-0.1, -0.05) is 25.1 Å². The van der Waals surface area contributed by atoms with Crippen molar-refractivity contribution in [3.05, 3.63) is 5.82 Å². The molecule has 0 aliphatic heterocycles. The zero-order chi connectivity index (χ0) is 11.8. The molecule has 0 amide bonds. The summed E-state index contributed by atoms with van der Waals surface area (Å²) in [7, 11) is 0. The van der Waals surface area contributed by atoms with Gasteiger partial charge in [0.05, 0.1) is 0 Å². The summed E-state index contributed by atoms with van der Waals surface area (Å²) in [4.78, 5) is 4.26. The molecule has 5 heteroatoms. The molecule has 16 heavy (non-hydrogen) atoms. The van der Waals surface area contributed by atoms with Crippen LogP contribution in [0.1, 0.15) is 38.9 Å². The van der Waals surface area contributed by atoms with Gasteiger partial charge in [0, 0.05) is 11.8 Å². The number of rotatable bonds is 8. The minimum absolute atomic E-state index is 0.640. The Bertz CT molecular complexity index is 287. The fraction of sp³-hybridized carbons (Fsp3) is 0.818. The Morgan fingerprint density at radius 1 is 1.44 bits per heavy atom. The lowest BCUT2D eigenvalue weighted by atomic mass is 10.1. The molecule has 0 saturated heterocycles. The van der Waals surface area contributed by atoms with E-state index in [1.54, 1.807) is 11.8 Å². The van der Waals surface area contributed by atoms with Crippen molar-refractivity contribution >= 4 is 11.8 Å². The Morgan fingerprint density at radius 3 is 2.88 bits per heavy atom. The highest BCUT2D eigenvalue weighted by atomic mass is 32.2. The quantitative estimate of drug-likeness (QED) is 0.543. The van der Waals surface area contributed by atoms with Gasteiger partial charge in [-0.3, -0.25) is 5.10 Å². The van der Waals surface area contributed by atoms with Crippen molar-refractivity contribution in [3.8, 4) is 0 Å². The van der Waals surface area contributed by atoms with Crippen LogP contribution in [-0.2, 0) is 0 Å². The van der Waals surface area contributed by atoms with Crippen molar-refractivity contribution in [2.75, 3.05) is 12.3 Å². The van der Waals surface area contributed by atoms with Crippen molar-refractivity contribution in [2.24, 2.45) is 0 Å². The van der Waals surface area contributed by atoms with Crippen LogP contribution < -0.4 is 5.32 Å². The van der Waals surface area contributed by atoms with Gasteiger partial charge in [0.25, 0.3) is 0 Å². The molecule has 0 radical (unpaired) electrons. The minimum atomic E-state index is 0.640. The molecule has 4 nitrogen and oxygen atoms in total. The largest absolute Gasteiger partial charge is 0.315 e. The summed E-state index contributed by atoms with van der Waals surface area (Å²) in [6.45, 7) is 7.38. The molecule has 0 saturated carbocycles. The number of unbranched alkanes of at least 4 members (excludes halogenated alkanes) is 1. The number of hydrogen-bond acceptors (Lipinski definition) is 4. The number of thioether (sulfide) groups is 1. The Kier molecular flexibility index (Phi) is 6.49. The van der Waals surface area contributed by atoms with Gasteiger partial charge < -0.3 is 5.32 Å². The Labute approximate surface area is 102 Å². The molecule has 1 rings (SSSR count). The van der Waals surface area contributed by atoms with E-state index < -0.39 is 0 Å². The van der Waals surface area contributed by atoms with Crippen molar-refractivity contribution in [1.29, 1.82) is 0 Å². The van der Waals surface area contributed by atoms with Crippen LogP contribution in [0.4, 0.5) is 0 Å². The molecular weight excluding hydrogens is 220 g/mol. The van der Waals surface area contributed by atoms with E-state index in [2.05, 4.69) is 34.3 Å². The molecule has 1 atom stereocenters. The van der Waals surface area contributed by atoms with Crippen molar-refractivity contribution in [3.63, 3.8) is 0 Å². The summed E-state index contributed by atoms with van der Waals surface area (Å²) < 4.78 is 0. The smallest absolute Gasteiger partial charge is 0.208 e. The number of nitrogens with zero attached hydrogens (tertiary/aromatic N) is 2. The monoisotopic (exact) mass is 242 g/mol. The maximum absolute atomic E-state index is 4.26. The third-order valence-corrected chi connectivity index (χ3v) is 3.33. The number of aromatic amines is 1. The van der Waals surface area contributed by atoms with E-state index in [-0.39, 0.29) is 0 Å². The van der Waals surface area contributed by atoms with Crippen LogP contribution >= 0.6 is 11.8 Å². The van der Waals surface area contributed by atoms with Gasteiger partial charge in [0.1, 0.15) is 5.82 Å². The lowest BCUT2D eigenvalue weighted by Crippen LogP contribution is -2.25. The van der Waals surface area contributed by atoms with E-state index in [0.29, 0.717) is 6.04 Å². The van der Waals surface area contributed by atoms with Gasteiger partial charge in [-0.05, 0) is 33.2 Å². The zero-order valence-corrected chi connectivity index (χ0v) is 11.2. The molecule has 1 aromatic heterocycles. The maximum atomic E-state index is 4.26. The molecule has 92 valence electrons. The fourth-order valence-electron chi connectivity index (χ4n) is 1.55. The van der Waals surface area contributed by atoms with Crippen LogP contribution in [0, 0.1) is 6.92 Å². The fourth-order valence-corrected chi connectivity index (χ4v) is 2.40. The van der Waals surface area contributed by atoms with Crippen LogP contribution in [0.25, 0.3) is 0 Å². The van der Waals surface area contributed by atoms with Gasteiger partial charge in [-0.2, -0.15) is 0 Å². The lowest BCUT2D eigenvalue weighted by molar-refractivity contribution is 0.510. The first-order valence-corrected chi connectivity index (χ1v) is 6.96. The number of hydrogen-bond donors (Lipinski definition) is 2. The third kappa shape index (κ3) is 5.51. The summed E-state index contributed by atoms with van der Waals surface area (Å²) in [5.74, 6) is 2.00. The van der Waals surface area contributed by atoms with E-state index in [9.17, 15) is 0 Å². The van der Waals surface area contributed by atoms with Gasteiger partial charge in [-0.15, -0.1) is 5.10 Å². The van der Waals surface area contributed by atoms with E-state index >= 15 is 0 Å². The van der Waals surface area contributed by atoms with E-state index in [1.165, 1.54) is 19.3 Å². The maximum Gasteiger partial charge on any atom is 0.208 e. The Hall–Kier alpha value is -0.550. The highest BCUT2D eigenvalue weighted by Crippen LogP contribution is 2.14. The molecule has 2 N–H and O–H groups in total. The van der Waals surface area contributed by atoms with Crippen LogP contribution in [0.3, 0.4) is 0 Å². The van der Waals surface area contributed by atoms with E-state index in [0.717, 1.165) is 23.3 Å². The molecule has 0 aliphatic carbocycles. The van der Waals surface area contributed by atoms with Crippen molar-refractivity contribution < 1.29 is 0 Å². The molecule has 1 heterocycles. The molecule has 1 unspecified atom stereocenters. The van der Waals surface area contributed by atoms with E-state index in [4.69, 9.17) is 0 Å². The second kappa shape index (κ2) is 7.68. The van der Waals surface area contributed by atoms with Gasteiger partial charge in [-0.25, -0.2) is 4.98 Å². The Balaban J connectivity index is 2.00. The Morgan fingerprint density at radius 2 is 2.25 bits per heavy atom. The number of aryl methyl sites for hydroxylation is 1. The van der Waals surface area contributed by atoms with Crippen LogP contribution in [0.2, 0.25) is 0 Å². The highest BCUT2D eigenvalue weighted by Gasteiger charge is 2.01. The first-order chi connectivity index (χ1) is 7.72. The topological polar surface area (TPSA) is 53.6 Å². The lowest BCUT2D eigenvalue weighted by Gasteiger charge is -2.10. The highest BCUT2D eigenvalue weighted by molar-refractivity contribution is 7.99. The van der Waals surface area contributed by atoms with Gasteiger partial charge in [0.2, 0.25) is 5.16 Å². The SMILES string of the molecule is CCNC(C)CCCCSc1n[nH]c(C)n1. The minimum Gasteiger partial charge on any atom is -0.315 e. The number of nitrogens with one attached hydrogen (secondary N) is 2. The standard InChI is InChI=1S/C11H22N4S/c1-4-12-9(2)7-5-6-8-16-11-13-10(3)14-15-11/h9,12H,4-8H2,1-3H3,(H,13,14,15). The van der Waals surface area contributed by atoms with Crippen LogP contribution in [0.5, 0.6) is 0 Å². The summed E-state index contributed by atoms with van der Waals surface area (Å²) in [6, 6.07) is 0.640. The third-order valence-electron chi connectivity index (χ3n) is 2.39. The molecular formula is C11H22N4S. The molecule has 0 bridgehead atoms. The predicted octanol–water partition coefficient (Wildman–Crippen LogP) is 2.37. The normalized spacial score (nSPS) is 12.9. The molecule has 0 aliphatic rings. The number of aromatic nitrogens is 3. The molecule has 0 fully saturated rings. The van der Waals surface area contributed by atoms with Crippen LogP contribution in [0.15, 0.2) is 5.16 Å². The summed E-state index contributed by atoms with van der Waals surface area (Å²) in [5, 5.41) is 11.2. The second-order valence-corrected chi connectivity index (χ2v) is 5.07. The average molecular weight is 242 g/mol. The van der Waals surface area contributed by atoms with Gasteiger partial charge >= 0.3 is 0 Å². The summed E-state index contributed by atoms with van der Waals surface area (Å²) >= 11 is 1.73. The first kappa shape index (κ1) is 13.5. The molecule has 1 aromatic rings. The molecule has 0 spiro atoms. The van der Waals surface area contributed by atoms with Crippen molar-refractivity contribution in [2.45, 2.75) is 51.2 Å². The van der Waals surface area contributed by atoms with Crippen LogP contribution in [-0.4, -0.2) is 33.5 Å². The van der Waals surface area contributed by atoms with Gasteiger partial charge in [0.15, 0.2) is 0 Å². The molecule has 0 aromatic carbocycles. The second-order valence-electron chi connectivity index (χ2n) is 4.01. The number of H-pyrrole nitrogens is 1. The summed E-state index contributed by atoms with van der Waals surface area (Å²) in [6.07, 6.45) is 3.75. The van der Waals surface area contributed by atoms with E-state index in [1.807, 2.05) is 6.92 Å². The predicted molar refractivity (Wildman–Crippen MR) is 68.8 cm³/mol. The summed E-state index contributed by atoms with van der Waals surface area (Å²) in [5.41, 5.74) is 0.